The number of methoxy groups -OCH3 is 1. The minimum absolute atomic E-state index is 0.740. The molecular formula is C23H18IO2P. The van der Waals surface area contributed by atoms with Crippen LogP contribution >= 0.6 is 29.7 Å². The third-order valence-corrected chi connectivity index (χ3v) is 9.41. The molecule has 0 unspecified atom stereocenters. The maximum absolute atomic E-state index is 14.9. The topological polar surface area (TPSA) is 26.3 Å². The van der Waals surface area contributed by atoms with E-state index in [9.17, 15) is 4.57 Å². The van der Waals surface area contributed by atoms with Crippen LogP contribution in [0.1, 0.15) is 0 Å². The molecular weight excluding hydrogens is 466 g/mol. The predicted octanol–water partition coefficient (Wildman–Crippen LogP) is 5.09. The smallest absolute Gasteiger partial charge is 0.172 e. The molecule has 27 heavy (non-hydrogen) atoms. The van der Waals surface area contributed by atoms with Gasteiger partial charge in [0.15, 0.2) is 7.14 Å². The minimum Gasteiger partial charge on any atom is -0.496 e. The minimum atomic E-state index is -3.09. The van der Waals surface area contributed by atoms with E-state index in [1.165, 1.54) is 0 Å². The summed E-state index contributed by atoms with van der Waals surface area (Å²) >= 11 is 2.25. The monoisotopic (exact) mass is 484 g/mol. The number of ether oxygens (including phenoxy) is 1. The summed E-state index contributed by atoms with van der Waals surface area (Å²) in [6, 6.07) is 29.7. The molecule has 0 N–H and O–H groups in total. The highest BCUT2D eigenvalue weighted by Gasteiger charge is 2.33. The van der Waals surface area contributed by atoms with Gasteiger partial charge in [-0.1, -0.05) is 78.9 Å². The Hall–Kier alpha value is -2.10. The van der Waals surface area contributed by atoms with Crippen molar-refractivity contribution in [2.24, 2.45) is 0 Å². The fourth-order valence-corrected chi connectivity index (χ4v) is 7.96. The number of hydrogen-bond acceptors (Lipinski definition) is 2. The number of rotatable bonds is 4. The largest absolute Gasteiger partial charge is 0.496 e. The fourth-order valence-electron chi connectivity index (χ4n) is 3.43. The van der Waals surface area contributed by atoms with Crippen molar-refractivity contribution >= 4 is 56.4 Å². The van der Waals surface area contributed by atoms with E-state index < -0.39 is 7.14 Å². The summed E-state index contributed by atoms with van der Waals surface area (Å²) in [6.45, 7) is 0. The number of fused-ring (bicyclic) bond motifs is 1. The lowest BCUT2D eigenvalue weighted by Crippen LogP contribution is -2.27. The third kappa shape index (κ3) is 3.09. The molecule has 0 saturated heterocycles. The molecule has 0 bridgehead atoms. The molecule has 4 aromatic carbocycles. The molecule has 2 nitrogen and oxygen atoms in total. The van der Waals surface area contributed by atoms with Crippen LogP contribution in [0.2, 0.25) is 0 Å². The van der Waals surface area contributed by atoms with Crippen LogP contribution in [-0.2, 0) is 4.57 Å². The van der Waals surface area contributed by atoms with Gasteiger partial charge in [0.2, 0.25) is 0 Å². The first-order valence-electron chi connectivity index (χ1n) is 8.63. The van der Waals surface area contributed by atoms with E-state index in [-0.39, 0.29) is 0 Å². The second-order valence-electron chi connectivity index (χ2n) is 6.24. The summed E-state index contributed by atoms with van der Waals surface area (Å²) in [5.74, 6) is 0.740. The van der Waals surface area contributed by atoms with Crippen LogP contribution in [0.25, 0.3) is 10.8 Å². The van der Waals surface area contributed by atoms with Crippen LogP contribution < -0.4 is 20.7 Å². The highest BCUT2D eigenvalue weighted by Crippen LogP contribution is 2.46. The number of halogens is 1. The summed E-state index contributed by atoms with van der Waals surface area (Å²) < 4.78 is 21.3. The Bertz CT molecular complexity index is 1150. The molecule has 0 saturated carbocycles. The quantitative estimate of drug-likeness (QED) is 0.298. The molecule has 0 radical (unpaired) electrons. The van der Waals surface area contributed by atoms with Crippen molar-refractivity contribution in [2.75, 3.05) is 7.11 Å². The molecule has 0 fully saturated rings. The first-order chi connectivity index (χ1) is 13.2. The molecule has 1 atom stereocenters. The normalized spacial score (nSPS) is 13.3. The van der Waals surface area contributed by atoms with Crippen LogP contribution in [0.3, 0.4) is 0 Å². The Morgan fingerprint density at radius 3 is 2.15 bits per heavy atom. The average molecular weight is 484 g/mol. The van der Waals surface area contributed by atoms with Crippen molar-refractivity contribution in [3.05, 3.63) is 94.6 Å². The van der Waals surface area contributed by atoms with Crippen LogP contribution in [0, 0.1) is 3.57 Å². The van der Waals surface area contributed by atoms with Gasteiger partial charge in [0.25, 0.3) is 0 Å². The lowest BCUT2D eigenvalue weighted by molar-refractivity contribution is 0.412. The Labute approximate surface area is 172 Å². The van der Waals surface area contributed by atoms with Crippen LogP contribution in [0.4, 0.5) is 0 Å². The van der Waals surface area contributed by atoms with E-state index in [1.807, 2.05) is 78.9 Å². The third-order valence-electron chi connectivity index (χ3n) is 4.73. The molecule has 0 spiro atoms. The van der Waals surface area contributed by atoms with Crippen LogP contribution in [-0.4, -0.2) is 7.11 Å². The second kappa shape index (κ2) is 7.49. The Kier molecular flexibility index (Phi) is 5.07. The Morgan fingerprint density at radius 1 is 0.741 bits per heavy atom. The van der Waals surface area contributed by atoms with E-state index in [0.717, 1.165) is 36.0 Å². The predicted molar refractivity (Wildman–Crippen MR) is 123 cm³/mol. The van der Waals surface area contributed by atoms with Crippen LogP contribution in [0.5, 0.6) is 5.75 Å². The van der Waals surface area contributed by atoms with Crippen LogP contribution in [0.15, 0.2) is 91.0 Å². The highest BCUT2D eigenvalue weighted by atomic mass is 127. The fraction of sp³-hybridized carbons (Fsp3) is 0.0435. The van der Waals surface area contributed by atoms with E-state index in [1.54, 1.807) is 7.11 Å². The summed E-state index contributed by atoms with van der Waals surface area (Å²) in [5.41, 5.74) is 0. The highest BCUT2D eigenvalue weighted by molar-refractivity contribution is 14.1. The molecule has 0 aliphatic heterocycles. The van der Waals surface area contributed by atoms with Crippen molar-refractivity contribution in [1.29, 1.82) is 0 Å². The molecule has 134 valence electrons. The van der Waals surface area contributed by atoms with Gasteiger partial charge in [0.05, 0.1) is 10.7 Å². The molecule has 4 aromatic rings. The van der Waals surface area contributed by atoms with Gasteiger partial charge in [-0.2, -0.15) is 0 Å². The van der Waals surface area contributed by atoms with Gasteiger partial charge in [0.1, 0.15) is 5.75 Å². The van der Waals surface area contributed by atoms with Gasteiger partial charge in [-0.05, 0) is 45.5 Å². The molecule has 4 rings (SSSR count). The lowest BCUT2D eigenvalue weighted by Gasteiger charge is -2.23. The van der Waals surface area contributed by atoms with Gasteiger partial charge in [-0.15, -0.1) is 0 Å². The van der Waals surface area contributed by atoms with E-state index in [2.05, 4.69) is 34.7 Å². The van der Waals surface area contributed by atoms with Crippen molar-refractivity contribution in [3.63, 3.8) is 0 Å². The maximum Gasteiger partial charge on any atom is 0.172 e. The summed E-state index contributed by atoms with van der Waals surface area (Å²) in [6.07, 6.45) is 0. The zero-order valence-electron chi connectivity index (χ0n) is 14.8. The molecule has 0 aliphatic carbocycles. The van der Waals surface area contributed by atoms with Gasteiger partial charge in [0, 0.05) is 15.9 Å². The Balaban J connectivity index is 2.12. The molecule has 0 aromatic heterocycles. The number of hydrogen-bond donors (Lipinski definition) is 0. The molecule has 0 aliphatic rings. The Morgan fingerprint density at radius 2 is 1.37 bits per heavy atom. The molecule has 0 heterocycles. The summed E-state index contributed by atoms with van der Waals surface area (Å²) in [5, 5.41) is 4.60. The van der Waals surface area contributed by atoms with Crippen molar-refractivity contribution < 1.29 is 9.30 Å². The lowest BCUT2D eigenvalue weighted by atomic mass is 10.1. The van der Waals surface area contributed by atoms with E-state index in [0.29, 0.717) is 0 Å². The average Bonchev–Trinajstić information content (AvgIpc) is 2.73. The zero-order chi connectivity index (χ0) is 18.9. The van der Waals surface area contributed by atoms with Gasteiger partial charge < -0.3 is 9.30 Å². The standard InChI is InChI=1S/C23H18IO2P/c1-26-20-14-8-16-22(23(20)24)27(25,18-11-3-2-4-12-18)21-15-7-10-17-9-5-6-13-19(17)21/h2-16H,1H3/t27-/m0/s1. The first kappa shape index (κ1) is 18.3. The van der Waals surface area contributed by atoms with Crippen molar-refractivity contribution in [3.8, 4) is 5.75 Å². The molecule has 4 heteroatoms. The van der Waals surface area contributed by atoms with Crippen molar-refractivity contribution in [2.45, 2.75) is 0 Å². The molecule has 0 amide bonds. The SMILES string of the molecule is COc1cccc([P@](=O)(c2ccccc2)c2cccc3ccccc23)c1I. The van der Waals surface area contributed by atoms with Crippen molar-refractivity contribution in [1.82, 2.24) is 0 Å². The van der Waals surface area contributed by atoms with E-state index in [4.69, 9.17) is 4.74 Å². The second-order valence-corrected chi connectivity index (χ2v) is 10.0. The van der Waals surface area contributed by atoms with Gasteiger partial charge >= 0.3 is 0 Å². The summed E-state index contributed by atoms with van der Waals surface area (Å²) in [4.78, 5) is 0. The van der Waals surface area contributed by atoms with Gasteiger partial charge in [-0.3, -0.25) is 0 Å². The number of benzene rings is 4. The zero-order valence-corrected chi connectivity index (χ0v) is 17.9. The first-order valence-corrected chi connectivity index (χ1v) is 11.4. The van der Waals surface area contributed by atoms with Gasteiger partial charge in [-0.25, -0.2) is 0 Å². The summed E-state index contributed by atoms with van der Waals surface area (Å²) in [7, 11) is -1.44. The van der Waals surface area contributed by atoms with E-state index >= 15 is 0 Å². The maximum atomic E-state index is 14.9.